The Labute approximate surface area is 145 Å². The van der Waals surface area contributed by atoms with Gasteiger partial charge >= 0.3 is 5.97 Å². The first kappa shape index (κ1) is 16.5. The molecule has 0 aliphatic heterocycles. The van der Waals surface area contributed by atoms with Crippen LogP contribution >= 0.6 is 0 Å². The number of nitriles is 1. The van der Waals surface area contributed by atoms with E-state index in [-0.39, 0.29) is 0 Å². The van der Waals surface area contributed by atoms with Crippen molar-refractivity contribution in [2.24, 2.45) is 5.92 Å². The van der Waals surface area contributed by atoms with Gasteiger partial charge in [-0.15, -0.1) is 0 Å². The number of para-hydroxylation sites is 2. The van der Waals surface area contributed by atoms with Crippen LogP contribution < -0.4 is 4.74 Å². The highest BCUT2D eigenvalue weighted by Gasteiger charge is 2.34. The predicted molar refractivity (Wildman–Crippen MR) is 93.3 cm³/mol. The summed E-state index contributed by atoms with van der Waals surface area (Å²) in [6.45, 7) is 0. The fourth-order valence-electron chi connectivity index (χ4n) is 3.11. The molecule has 1 N–H and O–H groups in total. The summed E-state index contributed by atoms with van der Waals surface area (Å²) in [7, 11) is 1.53. The van der Waals surface area contributed by atoms with E-state index in [1.165, 1.54) is 7.11 Å². The summed E-state index contributed by atoms with van der Waals surface area (Å²) < 4.78 is 5.42. The fourth-order valence-corrected chi connectivity index (χ4v) is 3.11. The molecule has 1 heterocycles. The lowest BCUT2D eigenvalue weighted by Gasteiger charge is -2.23. The van der Waals surface area contributed by atoms with Gasteiger partial charge in [0.1, 0.15) is 5.75 Å². The standard InChI is InChI=1S/C20H16N2O3/c1-25-18-9-5-3-7-15(18)19(16(12-21)20(23)24)14-10-11-22-17-8-4-2-6-13(14)17/h2-11,16,19H,1H3,(H,23,24). The molecule has 3 rings (SSSR count). The third-order valence-electron chi connectivity index (χ3n) is 4.23. The molecule has 2 aromatic carbocycles. The van der Waals surface area contributed by atoms with Crippen LogP contribution in [0.3, 0.4) is 0 Å². The number of rotatable bonds is 5. The molecule has 5 heteroatoms. The van der Waals surface area contributed by atoms with Crippen molar-refractivity contribution in [2.45, 2.75) is 5.92 Å². The highest BCUT2D eigenvalue weighted by Crippen LogP contribution is 2.39. The fraction of sp³-hybridized carbons (Fsp3) is 0.150. The summed E-state index contributed by atoms with van der Waals surface area (Å²) in [5, 5.41) is 20.0. The van der Waals surface area contributed by atoms with E-state index in [1.807, 2.05) is 42.5 Å². The van der Waals surface area contributed by atoms with Gasteiger partial charge in [0.15, 0.2) is 5.92 Å². The van der Waals surface area contributed by atoms with E-state index in [0.29, 0.717) is 11.3 Å². The molecular formula is C20H16N2O3. The van der Waals surface area contributed by atoms with Gasteiger partial charge in [0.2, 0.25) is 0 Å². The number of methoxy groups -OCH3 is 1. The third-order valence-corrected chi connectivity index (χ3v) is 4.23. The number of hydrogen-bond acceptors (Lipinski definition) is 4. The van der Waals surface area contributed by atoms with E-state index in [0.717, 1.165) is 16.5 Å². The maximum Gasteiger partial charge on any atom is 0.321 e. The summed E-state index contributed by atoms with van der Waals surface area (Å²) >= 11 is 0. The van der Waals surface area contributed by atoms with Gasteiger partial charge in [-0.3, -0.25) is 9.78 Å². The van der Waals surface area contributed by atoms with E-state index < -0.39 is 17.8 Å². The quantitative estimate of drug-likeness (QED) is 0.772. The van der Waals surface area contributed by atoms with Crippen LogP contribution in [0.15, 0.2) is 60.8 Å². The molecule has 0 radical (unpaired) electrons. The number of ether oxygens (including phenoxy) is 1. The molecule has 3 aromatic rings. The summed E-state index contributed by atoms with van der Waals surface area (Å²) in [6, 6.07) is 18.4. The first-order chi connectivity index (χ1) is 12.2. The summed E-state index contributed by atoms with van der Waals surface area (Å²) in [5.41, 5.74) is 2.15. The SMILES string of the molecule is COc1ccccc1C(c1ccnc2ccccc12)C(C#N)C(=O)O. The van der Waals surface area contributed by atoms with Crippen molar-refractivity contribution in [3.8, 4) is 11.8 Å². The topological polar surface area (TPSA) is 83.2 Å². The highest BCUT2D eigenvalue weighted by atomic mass is 16.5. The average molecular weight is 332 g/mol. The molecule has 1 aromatic heterocycles. The minimum Gasteiger partial charge on any atom is -0.496 e. The van der Waals surface area contributed by atoms with E-state index in [2.05, 4.69) is 4.98 Å². The van der Waals surface area contributed by atoms with Crippen LogP contribution in [-0.4, -0.2) is 23.2 Å². The maximum atomic E-state index is 11.8. The lowest BCUT2D eigenvalue weighted by Crippen LogP contribution is -2.22. The normalized spacial score (nSPS) is 13.0. The van der Waals surface area contributed by atoms with Crippen molar-refractivity contribution in [3.05, 3.63) is 71.9 Å². The van der Waals surface area contributed by atoms with Gasteiger partial charge in [0.25, 0.3) is 0 Å². The van der Waals surface area contributed by atoms with Crippen molar-refractivity contribution < 1.29 is 14.6 Å². The van der Waals surface area contributed by atoms with Gasteiger partial charge in [-0.1, -0.05) is 36.4 Å². The predicted octanol–water partition coefficient (Wildman–Crippen LogP) is 3.60. The van der Waals surface area contributed by atoms with Crippen molar-refractivity contribution in [1.29, 1.82) is 5.26 Å². The summed E-state index contributed by atoms with van der Waals surface area (Å²) in [4.78, 5) is 16.1. The molecule has 2 unspecified atom stereocenters. The number of hydrogen-bond donors (Lipinski definition) is 1. The molecule has 0 spiro atoms. The number of pyridine rings is 1. The molecule has 25 heavy (non-hydrogen) atoms. The Morgan fingerprint density at radius 3 is 2.56 bits per heavy atom. The molecule has 0 aliphatic rings. The minimum absolute atomic E-state index is 0.551. The number of nitrogens with zero attached hydrogens (tertiary/aromatic N) is 2. The zero-order valence-corrected chi connectivity index (χ0v) is 13.6. The van der Waals surface area contributed by atoms with Crippen LogP contribution in [0.5, 0.6) is 5.75 Å². The zero-order valence-electron chi connectivity index (χ0n) is 13.6. The maximum absolute atomic E-state index is 11.8. The van der Waals surface area contributed by atoms with Crippen LogP contribution in [0.25, 0.3) is 10.9 Å². The van der Waals surface area contributed by atoms with E-state index in [9.17, 15) is 15.2 Å². The smallest absolute Gasteiger partial charge is 0.321 e. The molecule has 0 bridgehead atoms. The number of carbonyl (C=O) groups is 1. The van der Waals surface area contributed by atoms with Gasteiger partial charge in [0.05, 0.1) is 18.7 Å². The van der Waals surface area contributed by atoms with Crippen LogP contribution in [0.2, 0.25) is 0 Å². The minimum atomic E-state index is -1.25. The molecule has 5 nitrogen and oxygen atoms in total. The number of aromatic nitrogens is 1. The largest absolute Gasteiger partial charge is 0.496 e. The van der Waals surface area contributed by atoms with Crippen molar-refractivity contribution >= 4 is 16.9 Å². The van der Waals surface area contributed by atoms with Gasteiger partial charge in [-0.05, 0) is 23.8 Å². The lowest BCUT2D eigenvalue weighted by molar-refractivity contribution is -0.140. The van der Waals surface area contributed by atoms with Gasteiger partial charge in [-0.2, -0.15) is 5.26 Å². The van der Waals surface area contributed by atoms with Crippen LogP contribution in [0, 0.1) is 17.2 Å². The Hall–Kier alpha value is -3.39. The average Bonchev–Trinajstić information content (AvgIpc) is 2.65. The Kier molecular flexibility index (Phi) is 4.62. The highest BCUT2D eigenvalue weighted by molar-refractivity contribution is 5.85. The van der Waals surface area contributed by atoms with Crippen LogP contribution in [0.4, 0.5) is 0 Å². The molecule has 0 amide bonds. The Morgan fingerprint density at radius 1 is 1.12 bits per heavy atom. The second kappa shape index (κ2) is 7.02. The van der Waals surface area contributed by atoms with Crippen molar-refractivity contribution in [1.82, 2.24) is 4.98 Å². The Morgan fingerprint density at radius 2 is 1.84 bits per heavy atom. The Balaban J connectivity index is 2.31. The Bertz CT molecular complexity index is 957. The second-order valence-corrected chi connectivity index (χ2v) is 5.58. The van der Waals surface area contributed by atoms with Crippen molar-refractivity contribution in [3.63, 3.8) is 0 Å². The van der Waals surface area contributed by atoms with E-state index in [4.69, 9.17) is 4.74 Å². The first-order valence-corrected chi connectivity index (χ1v) is 7.76. The van der Waals surface area contributed by atoms with E-state index in [1.54, 1.807) is 24.4 Å². The monoisotopic (exact) mass is 332 g/mol. The zero-order chi connectivity index (χ0) is 17.8. The first-order valence-electron chi connectivity index (χ1n) is 7.76. The van der Waals surface area contributed by atoms with Crippen LogP contribution in [0.1, 0.15) is 17.0 Å². The second-order valence-electron chi connectivity index (χ2n) is 5.58. The number of fused-ring (bicyclic) bond motifs is 1. The molecule has 0 fully saturated rings. The van der Waals surface area contributed by atoms with Gasteiger partial charge < -0.3 is 9.84 Å². The van der Waals surface area contributed by atoms with E-state index >= 15 is 0 Å². The number of benzene rings is 2. The molecule has 0 aliphatic carbocycles. The van der Waals surface area contributed by atoms with Gasteiger partial charge in [0, 0.05) is 23.1 Å². The molecule has 124 valence electrons. The number of carboxylic acids is 1. The van der Waals surface area contributed by atoms with Crippen LogP contribution in [-0.2, 0) is 4.79 Å². The number of carboxylic acid groups (broad SMARTS) is 1. The lowest BCUT2D eigenvalue weighted by atomic mass is 9.79. The molecule has 2 atom stereocenters. The third kappa shape index (κ3) is 3.02. The van der Waals surface area contributed by atoms with Gasteiger partial charge in [-0.25, -0.2) is 0 Å². The molecule has 0 saturated heterocycles. The van der Waals surface area contributed by atoms with Crippen molar-refractivity contribution in [2.75, 3.05) is 7.11 Å². The molecular weight excluding hydrogens is 316 g/mol. The summed E-state index contributed by atoms with van der Waals surface area (Å²) in [5.74, 6) is -2.54. The summed E-state index contributed by atoms with van der Waals surface area (Å²) in [6.07, 6.45) is 1.64. The molecule has 0 saturated carbocycles. The number of aliphatic carboxylic acids is 1.